The summed E-state index contributed by atoms with van der Waals surface area (Å²) in [4.78, 5) is 11.6. The Morgan fingerprint density at radius 2 is 1.78 bits per heavy atom. The van der Waals surface area contributed by atoms with Crippen LogP contribution in [0.2, 0.25) is 0 Å². The molecule has 32 heavy (non-hydrogen) atoms. The monoisotopic (exact) mass is 440 g/mol. The van der Waals surface area contributed by atoms with Crippen molar-refractivity contribution in [2.75, 3.05) is 39.4 Å². The number of guanidine groups is 1. The highest BCUT2D eigenvalue weighted by atomic mass is 16.5. The van der Waals surface area contributed by atoms with Gasteiger partial charge in [0.15, 0.2) is 5.96 Å². The fourth-order valence-electron chi connectivity index (χ4n) is 4.39. The van der Waals surface area contributed by atoms with Crippen LogP contribution in [0.3, 0.4) is 0 Å². The van der Waals surface area contributed by atoms with Crippen molar-refractivity contribution in [1.82, 2.24) is 25.1 Å². The Bertz CT molecular complexity index is 779. The highest BCUT2D eigenvalue weighted by molar-refractivity contribution is 5.79. The number of hydrogen-bond donors (Lipinski definition) is 2. The zero-order chi connectivity index (χ0) is 22.6. The van der Waals surface area contributed by atoms with Crippen LogP contribution in [-0.2, 0) is 17.8 Å². The van der Waals surface area contributed by atoms with E-state index in [1.54, 1.807) is 0 Å². The van der Waals surface area contributed by atoms with Gasteiger partial charge in [0.2, 0.25) is 0 Å². The third kappa shape index (κ3) is 7.35. The number of hydrogen-bond acceptors (Lipinski definition) is 4. The number of nitrogens with one attached hydrogen (secondary N) is 2. The maximum atomic E-state index is 5.58. The summed E-state index contributed by atoms with van der Waals surface area (Å²) < 4.78 is 7.66. The van der Waals surface area contributed by atoms with E-state index in [2.05, 4.69) is 70.1 Å². The normalized spacial score (nSPS) is 16.3. The number of ether oxygens (including phenoxy) is 1. The first kappa shape index (κ1) is 24.3. The van der Waals surface area contributed by atoms with E-state index in [4.69, 9.17) is 9.73 Å². The number of aromatic nitrogens is 2. The van der Waals surface area contributed by atoms with Crippen molar-refractivity contribution < 1.29 is 4.74 Å². The first-order chi connectivity index (χ1) is 15.7. The van der Waals surface area contributed by atoms with Crippen LogP contribution in [0.25, 0.3) is 0 Å². The Morgan fingerprint density at radius 1 is 1.06 bits per heavy atom. The van der Waals surface area contributed by atoms with E-state index < -0.39 is 0 Å². The predicted octanol–water partition coefficient (Wildman–Crippen LogP) is 3.12. The molecule has 1 unspecified atom stereocenters. The smallest absolute Gasteiger partial charge is 0.191 e. The predicted molar refractivity (Wildman–Crippen MR) is 131 cm³/mol. The van der Waals surface area contributed by atoms with Crippen molar-refractivity contribution >= 4 is 5.96 Å². The Balaban J connectivity index is 1.59. The molecule has 0 bridgehead atoms. The Labute approximate surface area is 193 Å². The zero-order valence-electron chi connectivity index (χ0n) is 20.0. The molecule has 2 N–H and O–H groups in total. The van der Waals surface area contributed by atoms with Crippen molar-refractivity contribution in [3.05, 3.63) is 54.1 Å². The number of aliphatic imine (C=N–C) groups is 1. The van der Waals surface area contributed by atoms with Crippen molar-refractivity contribution in [3.8, 4) is 0 Å². The maximum absolute atomic E-state index is 5.58. The summed E-state index contributed by atoms with van der Waals surface area (Å²) in [7, 11) is 0. The quantitative estimate of drug-likeness (QED) is 0.415. The molecular formula is C25H40N6O. The average molecular weight is 441 g/mol. The van der Waals surface area contributed by atoms with Crippen molar-refractivity contribution in [2.45, 2.75) is 52.7 Å². The number of imidazole rings is 1. The van der Waals surface area contributed by atoms with Gasteiger partial charge in [0.1, 0.15) is 0 Å². The van der Waals surface area contributed by atoms with Crippen LogP contribution >= 0.6 is 0 Å². The second-order valence-electron chi connectivity index (χ2n) is 8.42. The number of benzene rings is 1. The first-order valence-electron chi connectivity index (χ1n) is 12.1. The van der Waals surface area contributed by atoms with Gasteiger partial charge in [0.05, 0.1) is 26.1 Å². The molecule has 3 rings (SSSR count). The van der Waals surface area contributed by atoms with Gasteiger partial charge in [0.25, 0.3) is 0 Å². The second-order valence-corrected chi connectivity index (χ2v) is 8.42. The Hall–Kier alpha value is -2.38. The zero-order valence-corrected chi connectivity index (χ0v) is 20.0. The molecule has 0 aliphatic carbocycles. The highest BCUT2D eigenvalue weighted by Gasteiger charge is 2.27. The molecule has 2 aromatic rings. The molecule has 1 aromatic heterocycles. The fourth-order valence-corrected chi connectivity index (χ4v) is 4.39. The lowest BCUT2D eigenvalue weighted by Crippen LogP contribution is -2.53. The van der Waals surface area contributed by atoms with Crippen molar-refractivity contribution in [2.24, 2.45) is 10.9 Å². The number of rotatable bonds is 11. The van der Waals surface area contributed by atoms with Crippen LogP contribution < -0.4 is 10.6 Å². The van der Waals surface area contributed by atoms with Gasteiger partial charge in [-0.2, -0.15) is 0 Å². The standard InChI is InChI=1S/C25H40N6O/c1-4-23(5-2)24(31-13-15-32-16-14-31)18-29-25(27-6-3)28-17-21-7-9-22(10-8-21)19-30-12-11-26-20-30/h7-12,20,23-24H,4-6,13-19H2,1-3H3,(H2,27,28,29). The second kappa shape index (κ2) is 13.2. The van der Waals surface area contributed by atoms with Gasteiger partial charge in [-0.15, -0.1) is 0 Å². The molecule has 0 spiro atoms. The molecule has 1 aromatic carbocycles. The maximum Gasteiger partial charge on any atom is 0.191 e. The van der Waals surface area contributed by atoms with E-state index in [1.807, 2.05) is 18.7 Å². The molecule has 1 fully saturated rings. The van der Waals surface area contributed by atoms with Gasteiger partial charge in [-0.05, 0) is 24.0 Å². The van der Waals surface area contributed by atoms with E-state index in [0.29, 0.717) is 18.5 Å². The third-order valence-electron chi connectivity index (χ3n) is 6.30. The minimum absolute atomic E-state index is 0.500. The summed E-state index contributed by atoms with van der Waals surface area (Å²) in [5.74, 6) is 1.56. The minimum Gasteiger partial charge on any atom is -0.379 e. The fraction of sp³-hybridized carbons (Fsp3) is 0.600. The molecule has 1 aliphatic rings. The SMILES string of the molecule is CCNC(=NCc1ccc(Cn2ccnc2)cc1)NCC(C(CC)CC)N1CCOCC1. The van der Waals surface area contributed by atoms with Gasteiger partial charge in [0, 0.05) is 51.2 Å². The van der Waals surface area contributed by atoms with Crippen LogP contribution in [0.5, 0.6) is 0 Å². The molecule has 7 nitrogen and oxygen atoms in total. The van der Waals surface area contributed by atoms with E-state index in [0.717, 1.165) is 51.9 Å². The molecule has 0 saturated carbocycles. The van der Waals surface area contributed by atoms with Gasteiger partial charge < -0.3 is 19.9 Å². The molecule has 1 saturated heterocycles. The molecule has 2 heterocycles. The molecule has 1 aliphatic heterocycles. The van der Waals surface area contributed by atoms with Crippen LogP contribution in [-0.4, -0.2) is 65.8 Å². The van der Waals surface area contributed by atoms with E-state index in [-0.39, 0.29) is 0 Å². The van der Waals surface area contributed by atoms with Gasteiger partial charge >= 0.3 is 0 Å². The molecule has 0 amide bonds. The molecule has 176 valence electrons. The molecule has 7 heteroatoms. The molecule has 0 radical (unpaired) electrons. The highest BCUT2D eigenvalue weighted by Crippen LogP contribution is 2.19. The molecule has 1 atom stereocenters. The van der Waals surface area contributed by atoms with Crippen LogP contribution in [0.15, 0.2) is 48.0 Å². The Kier molecular flexibility index (Phi) is 10.0. The van der Waals surface area contributed by atoms with E-state index in [1.165, 1.54) is 24.0 Å². The van der Waals surface area contributed by atoms with E-state index >= 15 is 0 Å². The topological polar surface area (TPSA) is 66.7 Å². The van der Waals surface area contributed by atoms with Crippen LogP contribution in [0.1, 0.15) is 44.7 Å². The summed E-state index contributed by atoms with van der Waals surface area (Å²) in [6, 6.07) is 9.18. The van der Waals surface area contributed by atoms with Gasteiger partial charge in [-0.3, -0.25) is 4.90 Å². The third-order valence-corrected chi connectivity index (χ3v) is 6.30. The average Bonchev–Trinajstić information content (AvgIpc) is 3.34. The lowest BCUT2D eigenvalue weighted by atomic mass is 9.92. The van der Waals surface area contributed by atoms with E-state index in [9.17, 15) is 0 Å². The first-order valence-corrected chi connectivity index (χ1v) is 12.1. The summed E-state index contributed by atoms with van der Waals surface area (Å²) >= 11 is 0. The Morgan fingerprint density at radius 3 is 2.41 bits per heavy atom. The summed E-state index contributed by atoms with van der Waals surface area (Å²) in [5, 5.41) is 7.04. The molecular weight excluding hydrogens is 400 g/mol. The largest absolute Gasteiger partial charge is 0.379 e. The van der Waals surface area contributed by atoms with Crippen LogP contribution in [0.4, 0.5) is 0 Å². The summed E-state index contributed by atoms with van der Waals surface area (Å²) in [6.45, 7) is 13.7. The van der Waals surface area contributed by atoms with Crippen molar-refractivity contribution in [3.63, 3.8) is 0 Å². The van der Waals surface area contributed by atoms with Crippen molar-refractivity contribution in [1.29, 1.82) is 0 Å². The van der Waals surface area contributed by atoms with Gasteiger partial charge in [-0.25, -0.2) is 9.98 Å². The summed E-state index contributed by atoms with van der Waals surface area (Å²) in [5.41, 5.74) is 2.47. The minimum atomic E-state index is 0.500. The number of morpholine rings is 1. The summed E-state index contributed by atoms with van der Waals surface area (Å²) in [6.07, 6.45) is 8.03. The van der Waals surface area contributed by atoms with Crippen LogP contribution in [0, 0.1) is 5.92 Å². The number of nitrogens with zero attached hydrogens (tertiary/aromatic N) is 4. The lowest BCUT2D eigenvalue weighted by Gasteiger charge is -2.39. The lowest BCUT2D eigenvalue weighted by molar-refractivity contribution is 0.00272. The van der Waals surface area contributed by atoms with Gasteiger partial charge in [-0.1, -0.05) is 51.0 Å².